The number of carbonyl (C=O) groups is 1. The van der Waals surface area contributed by atoms with Gasteiger partial charge in [-0.3, -0.25) is 4.79 Å². The summed E-state index contributed by atoms with van der Waals surface area (Å²) in [7, 11) is 0. The van der Waals surface area contributed by atoms with Crippen molar-refractivity contribution in [3.8, 4) is 11.5 Å². The molecule has 0 fully saturated rings. The first-order valence-corrected chi connectivity index (χ1v) is 6.21. The average Bonchev–Trinajstić information content (AvgIpc) is 2.37. The second-order valence-corrected chi connectivity index (χ2v) is 5.59. The molecule has 3 rings (SSSR count). The summed E-state index contributed by atoms with van der Waals surface area (Å²) in [6.07, 6.45) is 6.08. The Labute approximate surface area is 111 Å². The normalized spacial score (nSPS) is 17.1. The van der Waals surface area contributed by atoms with Crippen molar-refractivity contribution in [1.29, 1.82) is 0 Å². The van der Waals surface area contributed by atoms with Gasteiger partial charge in [0.2, 0.25) is 0 Å². The van der Waals surface area contributed by atoms with Crippen LogP contribution in [0.15, 0.2) is 24.8 Å². The zero-order chi connectivity index (χ0) is 13.5. The fourth-order valence-corrected chi connectivity index (χ4v) is 2.38. The molecule has 0 saturated carbocycles. The Kier molecular flexibility index (Phi) is 2.62. The quantitative estimate of drug-likeness (QED) is 0.779. The van der Waals surface area contributed by atoms with Crippen molar-refractivity contribution in [1.82, 2.24) is 19.9 Å². The van der Waals surface area contributed by atoms with Gasteiger partial charge in [0.25, 0.3) is 0 Å². The Hall–Kier alpha value is -2.17. The summed E-state index contributed by atoms with van der Waals surface area (Å²) < 4.78 is 0. The molecule has 1 aliphatic rings. The second-order valence-electron chi connectivity index (χ2n) is 5.59. The number of ketones is 1. The monoisotopic (exact) mass is 254 g/mol. The molecule has 0 atom stereocenters. The van der Waals surface area contributed by atoms with E-state index < -0.39 is 0 Å². The van der Waals surface area contributed by atoms with Gasteiger partial charge in [-0.05, 0) is 17.9 Å². The maximum Gasteiger partial charge on any atom is 0.178 e. The highest BCUT2D eigenvalue weighted by atomic mass is 16.1. The molecule has 0 unspecified atom stereocenters. The smallest absolute Gasteiger partial charge is 0.178 e. The minimum absolute atomic E-state index is 0.0403. The highest BCUT2D eigenvalue weighted by molar-refractivity contribution is 5.98. The van der Waals surface area contributed by atoms with Crippen LogP contribution in [0.5, 0.6) is 0 Å². The molecule has 0 saturated heterocycles. The van der Waals surface area contributed by atoms with E-state index in [1.807, 2.05) is 0 Å². The average molecular weight is 254 g/mol. The molecular formula is C14H14N4O. The van der Waals surface area contributed by atoms with Crippen LogP contribution in [0.3, 0.4) is 0 Å². The van der Waals surface area contributed by atoms with Crippen LogP contribution in [0.25, 0.3) is 11.5 Å². The SMILES string of the molecule is CC1(C)CC(=O)c2cnc(-c3ccncn3)nc2C1. The number of fused-ring (bicyclic) bond motifs is 1. The van der Waals surface area contributed by atoms with Crippen LogP contribution < -0.4 is 0 Å². The highest BCUT2D eigenvalue weighted by Crippen LogP contribution is 2.33. The first-order valence-electron chi connectivity index (χ1n) is 6.21. The van der Waals surface area contributed by atoms with Gasteiger partial charge in [0.15, 0.2) is 11.6 Å². The largest absolute Gasteiger partial charge is 0.294 e. The van der Waals surface area contributed by atoms with Crippen molar-refractivity contribution in [3.63, 3.8) is 0 Å². The van der Waals surface area contributed by atoms with Gasteiger partial charge in [0.05, 0.1) is 11.3 Å². The number of aromatic nitrogens is 4. The molecule has 0 radical (unpaired) electrons. The first kappa shape index (κ1) is 11.9. The van der Waals surface area contributed by atoms with Gasteiger partial charge < -0.3 is 0 Å². The zero-order valence-corrected chi connectivity index (χ0v) is 10.9. The van der Waals surface area contributed by atoms with E-state index in [0.29, 0.717) is 23.5 Å². The standard InChI is InChI=1S/C14H14N4O/c1-14(2)5-11-9(12(19)6-14)7-16-13(18-11)10-3-4-15-8-17-10/h3-4,7-8H,5-6H2,1-2H3. The Balaban J connectivity index is 2.07. The molecule has 19 heavy (non-hydrogen) atoms. The molecule has 2 aromatic heterocycles. The topological polar surface area (TPSA) is 68.6 Å². The predicted molar refractivity (Wildman–Crippen MR) is 69.5 cm³/mol. The summed E-state index contributed by atoms with van der Waals surface area (Å²) in [5.74, 6) is 0.673. The van der Waals surface area contributed by atoms with Crippen LogP contribution in [0.2, 0.25) is 0 Å². The van der Waals surface area contributed by atoms with E-state index in [-0.39, 0.29) is 11.2 Å². The summed E-state index contributed by atoms with van der Waals surface area (Å²) in [4.78, 5) is 28.8. The van der Waals surface area contributed by atoms with Crippen molar-refractivity contribution in [2.75, 3.05) is 0 Å². The van der Waals surface area contributed by atoms with E-state index in [2.05, 4.69) is 33.8 Å². The second kappa shape index (κ2) is 4.19. The minimum Gasteiger partial charge on any atom is -0.294 e. The molecular weight excluding hydrogens is 240 g/mol. The van der Waals surface area contributed by atoms with E-state index in [0.717, 1.165) is 12.1 Å². The highest BCUT2D eigenvalue weighted by Gasteiger charge is 2.32. The van der Waals surface area contributed by atoms with E-state index in [1.165, 1.54) is 6.33 Å². The fourth-order valence-electron chi connectivity index (χ4n) is 2.38. The summed E-state index contributed by atoms with van der Waals surface area (Å²) in [5, 5.41) is 0. The van der Waals surface area contributed by atoms with Crippen molar-refractivity contribution in [2.24, 2.45) is 5.41 Å². The molecule has 0 spiro atoms. The Bertz CT molecular complexity index is 637. The van der Waals surface area contributed by atoms with Gasteiger partial charge in [-0.2, -0.15) is 0 Å². The molecule has 0 aliphatic heterocycles. The predicted octanol–water partition coefficient (Wildman–Crippen LogP) is 2.09. The van der Waals surface area contributed by atoms with E-state index >= 15 is 0 Å². The van der Waals surface area contributed by atoms with Crippen LogP contribution in [-0.4, -0.2) is 25.7 Å². The summed E-state index contributed by atoms with van der Waals surface area (Å²) in [6.45, 7) is 4.17. The van der Waals surface area contributed by atoms with Crippen molar-refractivity contribution in [2.45, 2.75) is 26.7 Å². The van der Waals surface area contributed by atoms with Crippen molar-refractivity contribution < 1.29 is 4.79 Å². The third-order valence-electron chi connectivity index (χ3n) is 3.26. The molecule has 2 heterocycles. The third-order valence-corrected chi connectivity index (χ3v) is 3.26. The molecule has 2 aromatic rings. The van der Waals surface area contributed by atoms with Crippen LogP contribution >= 0.6 is 0 Å². The van der Waals surface area contributed by atoms with Gasteiger partial charge in [0.1, 0.15) is 12.0 Å². The van der Waals surface area contributed by atoms with Crippen LogP contribution in [0.1, 0.15) is 36.3 Å². The maximum absolute atomic E-state index is 12.0. The fraction of sp³-hybridized carbons (Fsp3) is 0.357. The Morgan fingerprint density at radius 1 is 1.21 bits per heavy atom. The van der Waals surface area contributed by atoms with E-state index in [4.69, 9.17) is 0 Å². The van der Waals surface area contributed by atoms with Crippen molar-refractivity contribution in [3.05, 3.63) is 36.0 Å². The van der Waals surface area contributed by atoms with Crippen LogP contribution in [0, 0.1) is 5.41 Å². The maximum atomic E-state index is 12.0. The number of rotatable bonds is 1. The number of hydrogen-bond donors (Lipinski definition) is 0. The molecule has 5 nitrogen and oxygen atoms in total. The summed E-state index contributed by atoms with van der Waals surface area (Å²) >= 11 is 0. The first-order chi connectivity index (χ1) is 9.05. The lowest BCUT2D eigenvalue weighted by Gasteiger charge is -2.29. The lowest BCUT2D eigenvalue weighted by Crippen LogP contribution is -2.28. The number of carbonyl (C=O) groups excluding carboxylic acids is 1. The zero-order valence-electron chi connectivity index (χ0n) is 10.9. The molecule has 0 bridgehead atoms. The number of hydrogen-bond acceptors (Lipinski definition) is 5. The van der Waals surface area contributed by atoms with Gasteiger partial charge >= 0.3 is 0 Å². The van der Waals surface area contributed by atoms with Gasteiger partial charge in [-0.15, -0.1) is 0 Å². The van der Waals surface area contributed by atoms with Gasteiger partial charge in [0, 0.05) is 18.8 Å². The molecule has 0 N–H and O–H groups in total. The van der Waals surface area contributed by atoms with Gasteiger partial charge in [-0.25, -0.2) is 19.9 Å². The Morgan fingerprint density at radius 3 is 2.79 bits per heavy atom. The number of Topliss-reactive ketones (excluding diaryl/α,β-unsaturated/α-hetero) is 1. The van der Waals surface area contributed by atoms with Crippen LogP contribution in [-0.2, 0) is 6.42 Å². The Morgan fingerprint density at radius 2 is 2.05 bits per heavy atom. The molecule has 0 aromatic carbocycles. The summed E-state index contributed by atoms with van der Waals surface area (Å²) in [5.41, 5.74) is 2.11. The van der Waals surface area contributed by atoms with Crippen molar-refractivity contribution >= 4 is 5.78 Å². The lowest BCUT2D eigenvalue weighted by molar-refractivity contribution is 0.0910. The van der Waals surface area contributed by atoms with E-state index in [1.54, 1.807) is 18.5 Å². The molecule has 96 valence electrons. The molecule has 5 heteroatoms. The summed E-state index contributed by atoms with van der Waals surface area (Å²) in [6, 6.07) is 1.76. The number of nitrogens with zero attached hydrogens (tertiary/aromatic N) is 4. The van der Waals surface area contributed by atoms with E-state index in [9.17, 15) is 4.79 Å². The molecule has 0 amide bonds. The van der Waals surface area contributed by atoms with Gasteiger partial charge in [-0.1, -0.05) is 13.8 Å². The minimum atomic E-state index is -0.0403. The van der Waals surface area contributed by atoms with Crippen LogP contribution in [0.4, 0.5) is 0 Å². The third kappa shape index (κ3) is 2.23. The molecule has 1 aliphatic carbocycles. The lowest BCUT2D eigenvalue weighted by atomic mass is 9.76.